The smallest absolute Gasteiger partial charge is 0.394 e. The van der Waals surface area contributed by atoms with Crippen molar-refractivity contribution in [2.75, 3.05) is 0 Å². The minimum Gasteiger partial charge on any atom is -0.548 e. The third kappa shape index (κ3) is 3.32. The summed E-state index contributed by atoms with van der Waals surface area (Å²) in [7, 11) is 0. The summed E-state index contributed by atoms with van der Waals surface area (Å²) in [4.78, 5) is 11.3. The predicted molar refractivity (Wildman–Crippen MR) is 69.5 cm³/mol. The number of carbonyl (C=O) groups excluding carboxylic acids is 1. The fourth-order valence-corrected chi connectivity index (χ4v) is 2.10. The lowest BCUT2D eigenvalue weighted by Gasteiger charge is -2.39. The molecular formula is C13H14BrF3NO2-. The Hall–Kier alpha value is -1.08. The molecular weight excluding hydrogens is 339 g/mol. The number of rotatable bonds is 4. The van der Waals surface area contributed by atoms with E-state index in [9.17, 15) is 23.1 Å². The number of benzene rings is 1. The third-order valence-electron chi connectivity index (χ3n) is 3.21. The molecule has 0 unspecified atom stereocenters. The van der Waals surface area contributed by atoms with E-state index in [0.717, 1.165) is 13.8 Å². The van der Waals surface area contributed by atoms with Crippen LogP contribution >= 0.6 is 15.9 Å². The number of alkyl halides is 3. The first-order valence-corrected chi connectivity index (χ1v) is 6.52. The summed E-state index contributed by atoms with van der Waals surface area (Å²) in [5.74, 6) is -1.74. The summed E-state index contributed by atoms with van der Waals surface area (Å²) in [5, 5.41) is 11.3. The Labute approximate surface area is 123 Å². The van der Waals surface area contributed by atoms with Gasteiger partial charge in [-0.3, -0.25) is 0 Å². The maximum Gasteiger partial charge on any atom is 0.394 e. The normalized spacial score (nSPS) is 15.8. The number of nitrogens with two attached hydrogens (primary N) is 1. The molecule has 7 heteroatoms. The van der Waals surface area contributed by atoms with Crippen molar-refractivity contribution in [1.82, 2.24) is 0 Å². The van der Waals surface area contributed by atoms with E-state index in [0.29, 0.717) is 4.47 Å². The van der Waals surface area contributed by atoms with Crippen molar-refractivity contribution in [2.24, 2.45) is 11.1 Å². The Kier molecular flexibility index (Phi) is 4.55. The van der Waals surface area contributed by atoms with Crippen LogP contribution in [-0.2, 0) is 10.3 Å². The first-order valence-electron chi connectivity index (χ1n) is 5.73. The van der Waals surface area contributed by atoms with E-state index >= 15 is 0 Å². The van der Waals surface area contributed by atoms with Crippen LogP contribution in [-0.4, -0.2) is 12.1 Å². The molecule has 0 bridgehead atoms. The number of carboxylic acid groups (broad SMARTS) is 1. The lowest BCUT2D eigenvalue weighted by molar-refractivity contribution is -0.316. The Morgan fingerprint density at radius 2 is 1.70 bits per heavy atom. The Bertz CT molecular complexity index is 499. The van der Waals surface area contributed by atoms with Gasteiger partial charge in [0.05, 0.1) is 16.9 Å². The summed E-state index contributed by atoms with van der Waals surface area (Å²) in [6.07, 6.45) is -5.38. The van der Waals surface area contributed by atoms with Gasteiger partial charge < -0.3 is 15.6 Å². The largest absolute Gasteiger partial charge is 0.548 e. The highest BCUT2D eigenvalue weighted by Crippen LogP contribution is 2.45. The molecule has 3 nitrogen and oxygen atoms in total. The minimum absolute atomic E-state index is 0.0676. The standard InChI is InChI=1S/C13H15BrF3NO2/c1-11(2,13(15,16)17)7-12(18,10(19)20)8-3-5-9(14)6-4-8/h3-6H,7,18H2,1-2H3,(H,19,20)/p-1/t12-/m1/s1. The summed E-state index contributed by atoms with van der Waals surface area (Å²) in [6.45, 7) is 1.83. The second kappa shape index (κ2) is 5.37. The van der Waals surface area contributed by atoms with Gasteiger partial charge in [-0.15, -0.1) is 0 Å². The monoisotopic (exact) mass is 352 g/mol. The molecule has 1 aromatic rings. The topological polar surface area (TPSA) is 66.2 Å². The highest BCUT2D eigenvalue weighted by molar-refractivity contribution is 9.10. The minimum atomic E-state index is -4.57. The van der Waals surface area contributed by atoms with Gasteiger partial charge in [0.25, 0.3) is 0 Å². The third-order valence-corrected chi connectivity index (χ3v) is 3.74. The van der Waals surface area contributed by atoms with E-state index in [-0.39, 0.29) is 5.56 Å². The number of hydrogen-bond donors (Lipinski definition) is 1. The van der Waals surface area contributed by atoms with Gasteiger partial charge in [-0.05, 0) is 24.1 Å². The van der Waals surface area contributed by atoms with Crippen molar-refractivity contribution in [1.29, 1.82) is 0 Å². The zero-order valence-corrected chi connectivity index (χ0v) is 12.5. The lowest BCUT2D eigenvalue weighted by atomic mass is 9.75. The Morgan fingerprint density at radius 1 is 1.25 bits per heavy atom. The van der Waals surface area contributed by atoms with Gasteiger partial charge in [0.1, 0.15) is 0 Å². The van der Waals surface area contributed by atoms with Crippen LogP contribution < -0.4 is 10.8 Å². The molecule has 0 heterocycles. The van der Waals surface area contributed by atoms with Gasteiger partial charge in [0.2, 0.25) is 0 Å². The van der Waals surface area contributed by atoms with Gasteiger partial charge in [0.15, 0.2) is 0 Å². The summed E-state index contributed by atoms with van der Waals surface area (Å²) >= 11 is 3.16. The fourth-order valence-electron chi connectivity index (χ4n) is 1.84. The highest BCUT2D eigenvalue weighted by atomic mass is 79.9. The van der Waals surface area contributed by atoms with Crippen LogP contribution in [0.25, 0.3) is 0 Å². The van der Waals surface area contributed by atoms with E-state index in [1.54, 1.807) is 0 Å². The molecule has 0 saturated heterocycles. The second-order valence-corrected chi connectivity index (χ2v) is 6.24. The zero-order valence-electron chi connectivity index (χ0n) is 10.9. The number of carboxylic acids is 1. The lowest BCUT2D eigenvalue weighted by Crippen LogP contribution is -2.56. The van der Waals surface area contributed by atoms with E-state index in [2.05, 4.69) is 15.9 Å². The molecule has 0 amide bonds. The maximum atomic E-state index is 12.9. The summed E-state index contributed by atoms with van der Waals surface area (Å²) in [5.41, 5.74) is 1.32. The molecule has 0 aliphatic carbocycles. The molecule has 0 radical (unpaired) electrons. The van der Waals surface area contributed by atoms with Crippen molar-refractivity contribution < 1.29 is 23.1 Å². The molecule has 0 aliphatic heterocycles. The average molecular weight is 353 g/mol. The van der Waals surface area contributed by atoms with Crippen LogP contribution in [0.5, 0.6) is 0 Å². The predicted octanol–water partition coefficient (Wildman–Crippen LogP) is 2.33. The maximum absolute atomic E-state index is 12.9. The van der Waals surface area contributed by atoms with Gasteiger partial charge in [-0.25, -0.2) is 0 Å². The fraction of sp³-hybridized carbons (Fsp3) is 0.462. The van der Waals surface area contributed by atoms with Crippen molar-refractivity contribution in [2.45, 2.75) is 32.0 Å². The van der Waals surface area contributed by atoms with Crippen LogP contribution in [0.1, 0.15) is 25.8 Å². The average Bonchev–Trinajstić information content (AvgIpc) is 2.27. The van der Waals surface area contributed by atoms with Crippen molar-refractivity contribution >= 4 is 21.9 Å². The molecule has 1 aromatic carbocycles. The van der Waals surface area contributed by atoms with Crippen LogP contribution in [0, 0.1) is 5.41 Å². The quantitative estimate of drug-likeness (QED) is 0.904. The highest BCUT2D eigenvalue weighted by Gasteiger charge is 2.51. The number of hydrogen-bond acceptors (Lipinski definition) is 3. The van der Waals surface area contributed by atoms with Gasteiger partial charge in [-0.1, -0.05) is 41.9 Å². The Morgan fingerprint density at radius 3 is 2.05 bits per heavy atom. The van der Waals surface area contributed by atoms with E-state index in [4.69, 9.17) is 5.73 Å². The number of aliphatic carboxylic acids is 1. The van der Waals surface area contributed by atoms with Crippen molar-refractivity contribution in [3.8, 4) is 0 Å². The molecule has 112 valence electrons. The van der Waals surface area contributed by atoms with E-state index in [1.165, 1.54) is 24.3 Å². The molecule has 0 saturated carbocycles. The second-order valence-electron chi connectivity index (χ2n) is 5.32. The molecule has 0 aliphatic rings. The summed E-state index contributed by atoms with van der Waals surface area (Å²) in [6, 6.07) is 5.76. The first-order chi connectivity index (χ1) is 8.90. The van der Waals surface area contributed by atoms with Gasteiger partial charge in [0, 0.05) is 4.47 Å². The molecule has 0 spiro atoms. The van der Waals surface area contributed by atoms with E-state index in [1.807, 2.05) is 0 Å². The number of carbonyl (C=O) groups is 1. The molecule has 20 heavy (non-hydrogen) atoms. The van der Waals surface area contributed by atoms with Crippen LogP contribution in [0.2, 0.25) is 0 Å². The molecule has 1 atom stereocenters. The van der Waals surface area contributed by atoms with Gasteiger partial charge >= 0.3 is 6.18 Å². The molecule has 2 N–H and O–H groups in total. The van der Waals surface area contributed by atoms with Gasteiger partial charge in [-0.2, -0.15) is 13.2 Å². The van der Waals surface area contributed by atoms with Crippen LogP contribution in [0.3, 0.4) is 0 Å². The molecule has 1 rings (SSSR count). The van der Waals surface area contributed by atoms with Crippen LogP contribution in [0.4, 0.5) is 13.2 Å². The zero-order chi connectivity index (χ0) is 15.8. The van der Waals surface area contributed by atoms with E-state index < -0.39 is 29.5 Å². The molecule has 0 fully saturated rings. The van der Waals surface area contributed by atoms with Crippen molar-refractivity contribution in [3.63, 3.8) is 0 Å². The molecule has 0 aromatic heterocycles. The number of halogens is 4. The SMILES string of the molecule is CC(C)(C[C@](N)(C(=O)[O-])c1ccc(Br)cc1)C(F)(F)F. The summed E-state index contributed by atoms with van der Waals surface area (Å²) < 4.78 is 39.5. The first kappa shape index (κ1) is 17.0. The van der Waals surface area contributed by atoms with Crippen LogP contribution in [0.15, 0.2) is 28.7 Å². The van der Waals surface area contributed by atoms with Crippen molar-refractivity contribution in [3.05, 3.63) is 34.3 Å². The Balaban J connectivity index is 3.24.